The third-order valence-corrected chi connectivity index (χ3v) is 0.681. The number of rotatable bonds is 0. The van der Waals surface area contributed by atoms with Crippen molar-refractivity contribution in [1.29, 1.82) is 0 Å². The molecule has 52 valence electrons. The predicted molar refractivity (Wildman–Crippen MR) is 36.8 cm³/mol. The number of hydrogen-bond acceptors (Lipinski definition) is 3. The van der Waals surface area contributed by atoms with E-state index in [4.69, 9.17) is 0 Å². The molecule has 0 aromatic carbocycles. The van der Waals surface area contributed by atoms with Crippen LogP contribution >= 0.6 is 0 Å². The molecule has 0 saturated heterocycles. The van der Waals surface area contributed by atoms with Crippen molar-refractivity contribution in [2.24, 2.45) is 0 Å². The Kier molecular flexibility index (Phi) is 3.98. The standard InChI is InChI=1S/C3H3N3O3.Ba.2H/c7-1-4-2(8)6-3(9)5-1;;;/h(H3,4,5,6,7,8,9);;;. The summed E-state index contributed by atoms with van der Waals surface area (Å²) in [4.78, 5) is 35.9. The Morgan fingerprint density at radius 1 is 0.700 bits per heavy atom. The number of aromatic amines is 3. The molecule has 7 heteroatoms. The van der Waals surface area contributed by atoms with Crippen LogP contribution in [0.1, 0.15) is 0 Å². The van der Waals surface area contributed by atoms with E-state index in [1.807, 2.05) is 0 Å². The van der Waals surface area contributed by atoms with Crippen molar-refractivity contribution in [3.63, 3.8) is 0 Å². The van der Waals surface area contributed by atoms with E-state index >= 15 is 0 Å². The summed E-state index contributed by atoms with van der Waals surface area (Å²) in [6, 6.07) is 0. The van der Waals surface area contributed by atoms with Crippen LogP contribution in [0, 0.1) is 0 Å². The van der Waals surface area contributed by atoms with Gasteiger partial charge in [0.05, 0.1) is 0 Å². The Hall–Kier alpha value is -0.0186. The Bertz CT molecular complexity index is 281. The van der Waals surface area contributed by atoms with Crippen LogP contribution in [0.2, 0.25) is 0 Å². The monoisotopic (exact) mass is 269 g/mol. The van der Waals surface area contributed by atoms with E-state index in [9.17, 15) is 14.4 Å². The summed E-state index contributed by atoms with van der Waals surface area (Å²) < 4.78 is 0. The summed E-state index contributed by atoms with van der Waals surface area (Å²) in [5, 5.41) is 0. The van der Waals surface area contributed by atoms with E-state index in [1.165, 1.54) is 0 Å². The van der Waals surface area contributed by atoms with Crippen molar-refractivity contribution in [3.8, 4) is 0 Å². The van der Waals surface area contributed by atoms with E-state index in [2.05, 4.69) is 0 Å². The topological polar surface area (TPSA) is 98.6 Å². The third kappa shape index (κ3) is 2.71. The van der Waals surface area contributed by atoms with Gasteiger partial charge in [0.25, 0.3) is 0 Å². The van der Waals surface area contributed by atoms with Gasteiger partial charge in [0.1, 0.15) is 0 Å². The maximum atomic E-state index is 10.2. The predicted octanol–water partition coefficient (Wildman–Crippen LogP) is -3.16. The van der Waals surface area contributed by atoms with Crippen LogP contribution in [0.25, 0.3) is 0 Å². The second kappa shape index (κ2) is 3.99. The first-order chi connectivity index (χ1) is 4.18. The minimum absolute atomic E-state index is 0. The van der Waals surface area contributed by atoms with Crippen molar-refractivity contribution >= 4 is 48.9 Å². The molecule has 1 aromatic rings. The van der Waals surface area contributed by atoms with E-state index < -0.39 is 17.1 Å². The number of nitrogens with one attached hydrogen (secondary N) is 3. The molecule has 0 aliphatic heterocycles. The number of hydrogen-bond donors (Lipinski definition) is 3. The molecule has 1 rings (SSSR count). The summed E-state index contributed by atoms with van der Waals surface area (Å²) in [7, 11) is 0. The van der Waals surface area contributed by atoms with Crippen LogP contribution in [0.15, 0.2) is 14.4 Å². The Balaban J connectivity index is 0.000000810. The average Bonchev–Trinajstić information content (AvgIpc) is 1.59. The molecule has 0 spiro atoms. The summed E-state index contributed by atoms with van der Waals surface area (Å²) in [5.41, 5.74) is -2.41. The molecule has 1 aromatic heterocycles. The van der Waals surface area contributed by atoms with E-state index in [0.29, 0.717) is 0 Å². The fraction of sp³-hybridized carbons (Fsp3) is 0. The normalized spacial score (nSPS) is 8.40. The average molecular weight is 268 g/mol. The Morgan fingerprint density at radius 2 is 0.900 bits per heavy atom. The van der Waals surface area contributed by atoms with Crippen molar-refractivity contribution in [2.45, 2.75) is 0 Å². The number of H-pyrrole nitrogens is 3. The van der Waals surface area contributed by atoms with Crippen molar-refractivity contribution < 1.29 is 0 Å². The molecule has 0 amide bonds. The first kappa shape index (κ1) is 9.98. The zero-order valence-corrected chi connectivity index (χ0v) is 4.22. The van der Waals surface area contributed by atoms with Gasteiger partial charge in [-0.05, 0) is 0 Å². The third-order valence-electron chi connectivity index (χ3n) is 0.681. The van der Waals surface area contributed by atoms with Gasteiger partial charge in [0.2, 0.25) is 0 Å². The Labute approximate surface area is 94.2 Å². The second-order valence-corrected chi connectivity index (χ2v) is 1.36. The summed E-state index contributed by atoms with van der Waals surface area (Å²) >= 11 is 0. The van der Waals surface area contributed by atoms with Gasteiger partial charge in [-0.2, -0.15) is 0 Å². The molecule has 6 nitrogen and oxygen atoms in total. The molecule has 1 heterocycles. The molecule has 0 radical (unpaired) electrons. The van der Waals surface area contributed by atoms with Gasteiger partial charge in [0, 0.05) is 0 Å². The van der Waals surface area contributed by atoms with Crippen LogP contribution < -0.4 is 17.1 Å². The SMILES string of the molecule is O=c1[nH]c(=O)[nH]c(=O)[nH]1.[BaH2]. The van der Waals surface area contributed by atoms with Crippen LogP contribution in [0.3, 0.4) is 0 Å². The van der Waals surface area contributed by atoms with Crippen LogP contribution in [0.4, 0.5) is 0 Å². The first-order valence-corrected chi connectivity index (χ1v) is 2.11. The molecule has 0 aliphatic rings. The summed E-state index contributed by atoms with van der Waals surface area (Å²) in [5.74, 6) is 0. The van der Waals surface area contributed by atoms with E-state index in [1.54, 1.807) is 15.0 Å². The molecule has 0 aliphatic carbocycles. The fourth-order valence-corrected chi connectivity index (χ4v) is 0.403. The number of aromatic nitrogens is 3. The van der Waals surface area contributed by atoms with Crippen molar-refractivity contribution in [3.05, 3.63) is 31.5 Å². The van der Waals surface area contributed by atoms with Gasteiger partial charge in [-0.3, -0.25) is 15.0 Å². The Morgan fingerprint density at radius 3 is 1.10 bits per heavy atom. The molecule has 0 saturated carbocycles. The molecule has 3 N–H and O–H groups in total. The molecular weight excluding hydrogens is 263 g/mol. The molecule has 0 bridgehead atoms. The summed E-state index contributed by atoms with van der Waals surface area (Å²) in [6.45, 7) is 0. The molecule has 0 fully saturated rings. The molecule has 0 unspecified atom stereocenters. The maximum absolute atomic E-state index is 10.2. The first-order valence-electron chi connectivity index (χ1n) is 2.11. The minimum atomic E-state index is -0.802. The van der Waals surface area contributed by atoms with Gasteiger partial charge in [-0.15, -0.1) is 0 Å². The van der Waals surface area contributed by atoms with Crippen LogP contribution in [-0.4, -0.2) is 63.8 Å². The van der Waals surface area contributed by atoms with Crippen molar-refractivity contribution in [2.75, 3.05) is 0 Å². The van der Waals surface area contributed by atoms with Gasteiger partial charge >= 0.3 is 66.0 Å². The van der Waals surface area contributed by atoms with Gasteiger partial charge in [0.15, 0.2) is 0 Å². The van der Waals surface area contributed by atoms with Gasteiger partial charge < -0.3 is 0 Å². The zero-order valence-electron chi connectivity index (χ0n) is 4.22. The fourth-order valence-electron chi connectivity index (χ4n) is 0.403. The summed E-state index contributed by atoms with van der Waals surface area (Å²) in [6.07, 6.45) is 0. The van der Waals surface area contributed by atoms with Crippen molar-refractivity contribution in [1.82, 2.24) is 15.0 Å². The van der Waals surface area contributed by atoms with Gasteiger partial charge in [-0.1, -0.05) is 0 Å². The van der Waals surface area contributed by atoms with Crippen LogP contribution in [0.5, 0.6) is 0 Å². The van der Waals surface area contributed by atoms with Crippen LogP contribution in [-0.2, 0) is 0 Å². The molecule has 0 atom stereocenters. The zero-order chi connectivity index (χ0) is 6.85. The van der Waals surface area contributed by atoms with E-state index in [0.717, 1.165) is 0 Å². The second-order valence-electron chi connectivity index (χ2n) is 1.36. The van der Waals surface area contributed by atoms with Gasteiger partial charge in [-0.25, -0.2) is 14.4 Å². The quantitative estimate of drug-likeness (QED) is 0.433. The van der Waals surface area contributed by atoms with E-state index in [-0.39, 0.29) is 48.9 Å². The molecule has 10 heavy (non-hydrogen) atoms. The molecular formula is C3H5BaN3O3.